The minimum Gasteiger partial charge on any atom is -0.469 e. The number of aliphatic imine (C=N–C) groups is 1. The van der Waals surface area contributed by atoms with E-state index < -0.39 is 0 Å². The largest absolute Gasteiger partial charge is 0.469 e. The Balaban J connectivity index is 0.00000176. The van der Waals surface area contributed by atoms with Crippen LogP contribution in [0.25, 0.3) is 0 Å². The first kappa shape index (κ1) is 17.8. The molecule has 1 N–H and O–H groups in total. The second-order valence-electron chi connectivity index (χ2n) is 6.38. The van der Waals surface area contributed by atoms with E-state index >= 15 is 0 Å². The zero-order valence-electron chi connectivity index (χ0n) is 13.4. The van der Waals surface area contributed by atoms with Crippen molar-refractivity contribution in [2.75, 3.05) is 33.8 Å². The van der Waals surface area contributed by atoms with Crippen LogP contribution in [-0.4, -0.2) is 62.8 Å². The van der Waals surface area contributed by atoms with Crippen molar-refractivity contribution in [2.45, 2.75) is 32.0 Å². The molecule has 0 aliphatic carbocycles. The first-order valence-corrected chi connectivity index (χ1v) is 7.83. The van der Waals surface area contributed by atoms with Crippen LogP contribution in [0, 0.1) is 17.8 Å². The standard InChI is InChI=1S/C15H25N3O3.HI/c1-9(14(19)20-3)6-17-15(16-2)18-7-10-11(8-18)13-5-4-12(10)21-13;/h9-13H,4-8H2,1-3H3,(H,16,17);1H. The van der Waals surface area contributed by atoms with Gasteiger partial charge < -0.3 is 19.7 Å². The van der Waals surface area contributed by atoms with Crippen LogP contribution in [-0.2, 0) is 14.3 Å². The average Bonchev–Trinajstić information content (AvgIpc) is 3.18. The molecule has 7 heteroatoms. The highest BCUT2D eigenvalue weighted by Crippen LogP contribution is 2.47. The summed E-state index contributed by atoms with van der Waals surface area (Å²) < 4.78 is 10.7. The van der Waals surface area contributed by atoms with Gasteiger partial charge in [0.25, 0.3) is 0 Å². The first-order chi connectivity index (χ1) is 10.1. The van der Waals surface area contributed by atoms with Crippen molar-refractivity contribution in [3.63, 3.8) is 0 Å². The van der Waals surface area contributed by atoms with E-state index in [1.54, 1.807) is 7.05 Å². The molecule has 5 atom stereocenters. The maximum atomic E-state index is 11.5. The molecule has 3 fully saturated rings. The molecular weight excluding hydrogens is 397 g/mol. The van der Waals surface area contributed by atoms with E-state index in [9.17, 15) is 4.79 Å². The van der Waals surface area contributed by atoms with Crippen LogP contribution in [0.2, 0.25) is 0 Å². The number of rotatable bonds is 3. The van der Waals surface area contributed by atoms with E-state index in [-0.39, 0.29) is 35.9 Å². The van der Waals surface area contributed by atoms with E-state index in [1.807, 2.05) is 6.92 Å². The van der Waals surface area contributed by atoms with Gasteiger partial charge in [-0.2, -0.15) is 0 Å². The van der Waals surface area contributed by atoms with Crippen LogP contribution in [0.3, 0.4) is 0 Å². The minimum atomic E-state index is -0.192. The maximum Gasteiger partial charge on any atom is 0.310 e. The molecule has 0 saturated carbocycles. The lowest BCUT2D eigenvalue weighted by Crippen LogP contribution is -2.43. The molecule has 0 radical (unpaired) electrons. The number of esters is 1. The number of nitrogens with one attached hydrogen (secondary N) is 1. The van der Waals surface area contributed by atoms with Crippen molar-refractivity contribution < 1.29 is 14.3 Å². The predicted octanol–water partition coefficient (Wildman–Crippen LogP) is 1.10. The van der Waals surface area contributed by atoms with Crippen LogP contribution < -0.4 is 5.32 Å². The number of ether oxygens (including phenoxy) is 2. The van der Waals surface area contributed by atoms with Crippen molar-refractivity contribution >= 4 is 35.9 Å². The van der Waals surface area contributed by atoms with Crippen molar-refractivity contribution in [1.82, 2.24) is 10.2 Å². The Hall–Kier alpha value is -0.570. The summed E-state index contributed by atoms with van der Waals surface area (Å²) in [4.78, 5) is 18.1. The molecule has 22 heavy (non-hydrogen) atoms. The van der Waals surface area contributed by atoms with Crippen molar-refractivity contribution in [1.29, 1.82) is 0 Å². The maximum absolute atomic E-state index is 11.5. The number of carbonyl (C=O) groups excluding carboxylic acids is 1. The van der Waals surface area contributed by atoms with Gasteiger partial charge in [-0.05, 0) is 12.8 Å². The van der Waals surface area contributed by atoms with Gasteiger partial charge in [-0.25, -0.2) is 0 Å². The molecule has 2 bridgehead atoms. The summed E-state index contributed by atoms with van der Waals surface area (Å²) in [6.07, 6.45) is 3.34. The highest BCUT2D eigenvalue weighted by molar-refractivity contribution is 14.0. The Morgan fingerprint density at radius 3 is 2.45 bits per heavy atom. The molecule has 0 aromatic rings. The van der Waals surface area contributed by atoms with E-state index in [2.05, 4.69) is 15.2 Å². The molecule has 6 nitrogen and oxygen atoms in total. The Morgan fingerprint density at radius 1 is 1.36 bits per heavy atom. The molecule has 3 aliphatic heterocycles. The van der Waals surface area contributed by atoms with Crippen molar-refractivity contribution in [3.05, 3.63) is 0 Å². The number of likely N-dealkylation sites (tertiary alicyclic amines) is 1. The third-order valence-corrected chi connectivity index (χ3v) is 5.13. The number of nitrogens with zero attached hydrogens (tertiary/aromatic N) is 2. The molecule has 3 aliphatic rings. The molecule has 3 rings (SSSR count). The molecule has 0 spiro atoms. The minimum absolute atomic E-state index is 0. The Bertz CT molecular complexity index is 428. The smallest absolute Gasteiger partial charge is 0.310 e. The lowest BCUT2D eigenvalue weighted by Gasteiger charge is -2.24. The number of halogens is 1. The second kappa shape index (κ2) is 7.33. The average molecular weight is 423 g/mol. The number of guanidine groups is 1. The Kier molecular flexibility index (Phi) is 5.93. The molecule has 0 aromatic heterocycles. The number of hydrogen-bond acceptors (Lipinski definition) is 4. The fourth-order valence-corrected chi connectivity index (χ4v) is 3.99. The fourth-order valence-electron chi connectivity index (χ4n) is 3.99. The summed E-state index contributed by atoms with van der Waals surface area (Å²) in [7, 11) is 3.22. The van der Waals surface area contributed by atoms with Gasteiger partial charge in [-0.1, -0.05) is 6.92 Å². The topological polar surface area (TPSA) is 63.2 Å². The lowest BCUT2D eigenvalue weighted by molar-refractivity contribution is -0.144. The summed E-state index contributed by atoms with van der Waals surface area (Å²) in [6, 6.07) is 0. The van der Waals surface area contributed by atoms with Crippen LogP contribution in [0.5, 0.6) is 0 Å². The molecule has 3 heterocycles. The molecule has 0 amide bonds. The number of hydrogen-bond donors (Lipinski definition) is 1. The molecule has 5 unspecified atom stereocenters. The summed E-state index contributed by atoms with van der Waals surface area (Å²) in [5.74, 6) is 1.83. The lowest BCUT2D eigenvalue weighted by atomic mass is 9.82. The monoisotopic (exact) mass is 423 g/mol. The van der Waals surface area contributed by atoms with E-state index in [0.29, 0.717) is 30.6 Å². The van der Waals surface area contributed by atoms with Crippen LogP contribution >= 0.6 is 24.0 Å². The third-order valence-electron chi connectivity index (χ3n) is 5.13. The van der Waals surface area contributed by atoms with Crippen LogP contribution in [0.4, 0.5) is 0 Å². The quantitative estimate of drug-likeness (QED) is 0.319. The highest BCUT2D eigenvalue weighted by Gasteiger charge is 2.53. The first-order valence-electron chi connectivity index (χ1n) is 7.83. The van der Waals surface area contributed by atoms with Crippen molar-refractivity contribution in [2.24, 2.45) is 22.7 Å². The Labute approximate surface area is 149 Å². The van der Waals surface area contributed by atoms with E-state index in [0.717, 1.165) is 19.0 Å². The van der Waals surface area contributed by atoms with Gasteiger partial charge in [0.05, 0.1) is 25.2 Å². The normalized spacial score (nSPS) is 34.1. The van der Waals surface area contributed by atoms with E-state index in [4.69, 9.17) is 9.47 Å². The van der Waals surface area contributed by atoms with Gasteiger partial charge in [-0.15, -0.1) is 24.0 Å². The highest BCUT2D eigenvalue weighted by atomic mass is 127. The SMILES string of the molecule is CN=C(NCC(C)C(=O)OC)N1CC2C3CCC(O3)C2C1.I. The van der Waals surface area contributed by atoms with Crippen LogP contribution in [0.1, 0.15) is 19.8 Å². The molecule has 0 aromatic carbocycles. The van der Waals surface area contributed by atoms with Crippen molar-refractivity contribution in [3.8, 4) is 0 Å². The summed E-state index contributed by atoms with van der Waals surface area (Å²) >= 11 is 0. The van der Waals surface area contributed by atoms with E-state index in [1.165, 1.54) is 20.0 Å². The summed E-state index contributed by atoms with van der Waals surface area (Å²) in [5, 5.41) is 3.30. The zero-order chi connectivity index (χ0) is 15.0. The van der Waals surface area contributed by atoms with Gasteiger partial charge >= 0.3 is 5.97 Å². The summed E-state index contributed by atoms with van der Waals surface area (Å²) in [6.45, 7) is 4.43. The zero-order valence-corrected chi connectivity index (χ0v) is 15.8. The molecular formula is C15H26IN3O3. The van der Waals surface area contributed by atoms with Gasteiger partial charge in [0.15, 0.2) is 5.96 Å². The van der Waals surface area contributed by atoms with Gasteiger partial charge in [0.1, 0.15) is 0 Å². The Morgan fingerprint density at radius 2 is 1.95 bits per heavy atom. The fraction of sp³-hybridized carbons (Fsp3) is 0.867. The van der Waals surface area contributed by atoms with Crippen LogP contribution in [0.15, 0.2) is 4.99 Å². The second-order valence-corrected chi connectivity index (χ2v) is 6.38. The number of fused-ring (bicyclic) bond motifs is 5. The van der Waals surface area contributed by atoms with Gasteiger partial charge in [-0.3, -0.25) is 9.79 Å². The number of methoxy groups -OCH3 is 1. The molecule has 3 saturated heterocycles. The number of carbonyl (C=O) groups is 1. The third kappa shape index (κ3) is 3.20. The van der Waals surface area contributed by atoms with Gasteiger partial charge in [0, 0.05) is 38.5 Å². The summed E-state index contributed by atoms with van der Waals surface area (Å²) in [5.41, 5.74) is 0. The van der Waals surface area contributed by atoms with Gasteiger partial charge in [0.2, 0.25) is 0 Å². The molecule has 126 valence electrons. The predicted molar refractivity (Wildman–Crippen MR) is 94.4 cm³/mol.